The standard InChI is InChI=1S/C18H30N4/c1-3-22(4-2)18(19)20-14-16-10-6-7-11-17(16)15-21-12-8-5-9-13-21/h6-7,10-11H,3-5,8-9,12-15H2,1-2H3,(H2,19,20). The summed E-state index contributed by atoms with van der Waals surface area (Å²) in [5, 5.41) is 0. The summed E-state index contributed by atoms with van der Waals surface area (Å²) < 4.78 is 0. The molecule has 0 amide bonds. The molecule has 1 saturated heterocycles. The van der Waals surface area contributed by atoms with Crippen molar-refractivity contribution in [1.82, 2.24) is 9.80 Å². The number of guanidine groups is 1. The van der Waals surface area contributed by atoms with Crippen LogP contribution in [-0.4, -0.2) is 41.9 Å². The largest absolute Gasteiger partial charge is 0.370 e. The first-order valence-electron chi connectivity index (χ1n) is 8.58. The minimum Gasteiger partial charge on any atom is -0.370 e. The molecule has 2 rings (SSSR count). The van der Waals surface area contributed by atoms with Gasteiger partial charge in [-0.1, -0.05) is 30.7 Å². The van der Waals surface area contributed by atoms with Crippen molar-refractivity contribution in [3.63, 3.8) is 0 Å². The van der Waals surface area contributed by atoms with Gasteiger partial charge in [-0.2, -0.15) is 0 Å². The van der Waals surface area contributed by atoms with Crippen molar-refractivity contribution in [2.24, 2.45) is 10.7 Å². The van der Waals surface area contributed by atoms with Crippen molar-refractivity contribution in [2.75, 3.05) is 26.2 Å². The molecule has 0 spiro atoms. The Labute approximate surface area is 135 Å². The summed E-state index contributed by atoms with van der Waals surface area (Å²) >= 11 is 0. The summed E-state index contributed by atoms with van der Waals surface area (Å²) in [6, 6.07) is 8.63. The number of piperidine rings is 1. The Hall–Kier alpha value is -1.55. The molecule has 1 aliphatic rings. The fourth-order valence-electron chi connectivity index (χ4n) is 3.04. The minimum atomic E-state index is 0.651. The maximum absolute atomic E-state index is 6.09. The van der Waals surface area contributed by atoms with E-state index in [0.29, 0.717) is 12.5 Å². The molecular weight excluding hydrogens is 272 g/mol. The lowest BCUT2D eigenvalue weighted by Crippen LogP contribution is -2.37. The minimum absolute atomic E-state index is 0.651. The van der Waals surface area contributed by atoms with Gasteiger partial charge in [0, 0.05) is 19.6 Å². The van der Waals surface area contributed by atoms with Crippen molar-refractivity contribution >= 4 is 5.96 Å². The van der Waals surface area contributed by atoms with Gasteiger partial charge in [-0.3, -0.25) is 4.90 Å². The van der Waals surface area contributed by atoms with Crippen LogP contribution in [0.25, 0.3) is 0 Å². The highest BCUT2D eigenvalue weighted by Gasteiger charge is 2.12. The normalized spacial score (nSPS) is 16.7. The maximum Gasteiger partial charge on any atom is 0.191 e. The lowest BCUT2D eigenvalue weighted by atomic mass is 10.1. The van der Waals surface area contributed by atoms with E-state index in [1.807, 2.05) is 0 Å². The second-order valence-corrected chi connectivity index (χ2v) is 5.95. The van der Waals surface area contributed by atoms with Crippen LogP contribution in [0.15, 0.2) is 29.3 Å². The molecule has 22 heavy (non-hydrogen) atoms. The van der Waals surface area contributed by atoms with Gasteiger partial charge >= 0.3 is 0 Å². The van der Waals surface area contributed by atoms with E-state index in [9.17, 15) is 0 Å². The van der Waals surface area contributed by atoms with Crippen LogP contribution in [0.3, 0.4) is 0 Å². The molecule has 0 saturated carbocycles. The Balaban J connectivity index is 2.02. The lowest BCUT2D eigenvalue weighted by molar-refractivity contribution is 0.220. The molecule has 4 heteroatoms. The molecule has 122 valence electrons. The molecule has 0 atom stereocenters. The van der Waals surface area contributed by atoms with Gasteiger partial charge in [-0.05, 0) is 50.9 Å². The van der Waals surface area contributed by atoms with E-state index in [0.717, 1.165) is 19.6 Å². The molecular formula is C18H30N4. The highest BCUT2D eigenvalue weighted by Crippen LogP contribution is 2.16. The molecule has 0 aromatic heterocycles. The van der Waals surface area contributed by atoms with Gasteiger partial charge in [0.25, 0.3) is 0 Å². The number of hydrogen-bond acceptors (Lipinski definition) is 2. The zero-order chi connectivity index (χ0) is 15.8. The number of likely N-dealkylation sites (tertiary alicyclic amines) is 1. The average molecular weight is 302 g/mol. The Kier molecular flexibility index (Phi) is 6.72. The van der Waals surface area contributed by atoms with E-state index in [2.05, 4.69) is 52.9 Å². The summed E-state index contributed by atoms with van der Waals surface area (Å²) in [6.45, 7) is 10.2. The smallest absolute Gasteiger partial charge is 0.191 e. The van der Waals surface area contributed by atoms with Crippen molar-refractivity contribution in [3.8, 4) is 0 Å². The highest BCUT2D eigenvalue weighted by atomic mass is 15.2. The van der Waals surface area contributed by atoms with Crippen LogP contribution in [-0.2, 0) is 13.1 Å². The molecule has 0 aliphatic carbocycles. The third-order valence-electron chi connectivity index (χ3n) is 4.46. The molecule has 1 aliphatic heterocycles. The molecule has 0 bridgehead atoms. The summed E-state index contributed by atoms with van der Waals surface area (Å²) in [5.74, 6) is 0.651. The van der Waals surface area contributed by atoms with Crippen LogP contribution in [0, 0.1) is 0 Å². The zero-order valence-corrected chi connectivity index (χ0v) is 14.1. The summed E-state index contributed by atoms with van der Waals surface area (Å²) in [5.41, 5.74) is 8.77. The fourth-order valence-corrected chi connectivity index (χ4v) is 3.04. The number of aliphatic imine (C=N–C) groups is 1. The Bertz CT molecular complexity index is 474. The van der Waals surface area contributed by atoms with Gasteiger partial charge in [0.2, 0.25) is 0 Å². The summed E-state index contributed by atoms with van der Waals surface area (Å²) in [6.07, 6.45) is 4.04. The number of rotatable bonds is 6. The van der Waals surface area contributed by atoms with E-state index >= 15 is 0 Å². The van der Waals surface area contributed by atoms with E-state index < -0.39 is 0 Å². The first-order valence-corrected chi connectivity index (χ1v) is 8.58. The second-order valence-electron chi connectivity index (χ2n) is 5.95. The number of nitrogens with two attached hydrogens (primary N) is 1. The molecule has 0 unspecified atom stereocenters. The van der Waals surface area contributed by atoms with Crippen molar-refractivity contribution in [2.45, 2.75) is 46.2 Å². The highest BCUT2D eigenvalue weighted by molar-refractivity contribution is 5.78. The summed E-state index contributed by atoms with van der Waals surface area (Å²) in [7, 11) is 0. The van der Waals surface area contributed by atoms with E-state index in [1.54, 1.807) is 0 Å². The van der Waals surface area contributed by atoms with Crippen LogP contribution in [0.5, 0.6) is 0 Å². The van der Waals surface area contributed by atoms with Crippen LogP contribution in [0.1, 0.15) is 44.2 Å². The van der Waals surface area contributed by atoms with Gasteiger partial charge in [-0.15, -0.1) is 0 Å². The Morgan fingerprint density at radius 2 is 1.73 bits per heavy atom. The molecule has 4 nitrogen and oxygen atoms in total. The summed E-state index contributed by atoms with van der Waals surface area (Å²) in [4.78, 5) is 9.24. The second kappa shape index (κ2) is 8.79. The van der Waals surface area contributed by atoms with E-state index in [4.69, 9.17) is 5.73 Å². The average Bonchev–Trinajstić information content (AvgIpc) is 2.56. The third-order valence-corrected chi connectivity index (χ3v) is 4.46. The topological polar surface area (TPSA) is 44.9 Å². The molecule has 1 aromatic carbocycles. The monoisotopic (exact) mass is 302 g/mol. The first kappa shape index (κ1) is 16.8. The predicted molar refractivity (Wildman–Crippen MR) is 93.8 cm³/mol. The SMILES string of the molecule is CCN(CC)C(N)=NCc1ccccc1CN1CCCCC1. The lowest BCUT2D eigenvalue weighted by Gasteiger charge is -2.27. The quantitative estimate of drug-likeness (QED) is 0.649. The van der Waals surface area contributed by atoms with Crippen LogP contribution in [0.2, 0.25) is 0 Å². The van der Waals surface area contributed by atoms with Crippen LogP contribution < -0.4 is 5.73 Å². The third kappa shape index (κ3) is 4.73. The zero-order valence-electron chi connectivity index (χ0n) is 14.1. The number of benzene rings is 1. The Morgan fingerprint density at radius 3 is 2.36 bits per heavy atom. The van der Waals surface area contributed by atoms with Crippen molar-refractivity contribution in [1.29, 1.82) is 0 Å². The predicted octanol–water partition coefficient (Wildman–Crippen LogP) is 2.83. The maximum atomic E-state index is 6.09. The molecule has 0 radical (unpaired) electrons. The van der Waals surface area contributed by atoms with Gasteiger partial charge in [0.1, 0.15) is 0 Å². The molecule has 1 fully saturated rings. The molecule has 2 N–H and O–H groups in total. The van der Waals surface area contributed by atoms with E-state index in [1.165, 1.54) is 43.5 Å². The van der Waals surface area contributed by atoms with Crippen molar-refractivity contribution < 1.29 is 0 Å². The van der Waals surface area contributed by atoms with Gasteiger partial charge < -0.3 is 10.6 Å². The number of hydrogen-bond donors (Lipinski definition) is 1. The van der Waals surface area contributed by atoms with E-state index in [-0.39, 0.29) is 0 Å². The number of nitrogens with zero attached hydrogens (tertiary/aromatic N) is 3. The van der Waals surface area contributed by atoms with Gasteiger partial charge in [-0.25, -0.2) is 4.99 Å². The van der Waals surface area contributed by atoms with Gasteiger partial charge in [0.15, 0.2) is 5.96 Å². The Morgan fingerprint density at radius 1 is 1.09 bits per heavy atom. The van der Waals surface area contributed by atoms with Gasteiger partial charge in [0.05, 0.1) is 6.54 Å². The van der Waals surface area contributed by atoms with Crippen molar-refractivity contribution in [3.05, 3.63) is 35.4 Å². The van der Waals surface area contributed by atoms with Crippen LogP contribution >= 0.6 is 0 Å². The van der Waals surface area contributed by atoms with Crippen LogP contribution in [0.4, 0.5) is 0 Å². The molecule has 1 aromatic rings. The first-order chi connectivity index (χ1) is 10.7. The molecule has 1 heterocycles. The fraction of sp³-hybridized carbons (Fsp3) is 0.611.